The van der Waals surface area contributed by atoms with Gasteiger partial charge in [0.15, 0.2) is 5.69 Å². The molecule has 0 saturated carbocycles. The predicted octanol–water partition coefficient (Wildman–Crippen LogP) is 3.87. The predicted molar refractivity (Wildman–Crippen MR) is 73.4 cm³/mol. The van der Waals surface area contributed by atoms with Crippen LogP contribution in [0.4, 0.5) is 0 Å². The Labute approximate surface area is 114 Å². The molecule has 0 bridgehead atoms. The molecule has 0 unspecified atom stereocenters. The Hall–Kier alpha value is -1.39. The van der Waals surface area contributed by atoms with Crippen LogP contribution in [-0.2, 0) is 4.74 Å². The SMILES string of the molecule is COC(=O)c1nc(C)sc1-c1ccc(Cl)cc1C. The number of ether oxygens (including phenoxy) is 1. The zero-order valence-corrected chi connectivity index (χ0v) is 11.9. The van der Waals surface area contributed by atoms with Gasteiger partial charge in [-0.3, -0.25) is 0 Å². The number of rotatable bonds is 2. The van der Waals surface area contributed by atoms with Crippen molar-refractivity contribution in [3.63, 3.8) is 0 Å². The Kier molecular flexibility index (Phi) is 3.68. The molecule has 0 atom stereocenters. The number of benzene rings is 1. The molecule has 1 aromatic heterocycles. The van der Waals surface area contributed by atoms with Gasteiger partial charge in [0, 0.05) is 5.02 Å². The van der Waals surface area contributed by atoms with E-state index < -0.39 is 5.97 Å². The van der Waals surface area contributed by atoms with Crippen molar-refractivity contribution in [1.29, 1.82) is 0 Å². The molecule has 1 heterocycles. The van der Waals surface area contributed by atoms with Crippen LogP contribution in [0.3, 0.4) is 0 Å². The van der Waals surface area contributed by atoms with Crippen LogP contribution in [-0.4, -0.2) is 18.1 Å². The summed E-state index contributed by atoms with van der Waals surface area (Å²) in [6.07, 6.45) is 0. The normalized spacial score (nSPS) is 10.4. The van der Waals surface area contributed by atoms with Crippen molar-refractivity contribution in [2.75, 3.05) is 7.11 Å². The number of hydrogen-bond donors (Lipinski definition) is 0. The number of carbonyl (C=O) groups excluding carboxylic acids is 1. The molecule has 0 aliphatic carbocycles. The van der Waals surface area contributed by atoms with Crippen LogP contribution < -0.4 is 0 Å². The molecule has 0 aliphatic rings. The van der Waals surface area contributed by atoms with Gasteiger partial charge in [-0.05, 0) is 37.1 Å². The smallest absolute Gasteiger partial charge is 0.358 e. The van der Waals surface area contributed by atoms with Gasteiger partial charge in [0.2, 0.25) is 0 Å². The van der Waals surface area contributed by atoms with Crippen LogP contribution in [0.5, 0.6) is 0 Å². The molecule has 0 N–H and O–H groups in total. The number of aryl methyl sites for hydroxylation is 2. The molecule has 3 nitrogen and oxygen atoms in total. The average Bonchev–Trinajstić information content (AvgIpc) is 2.70. The lowest BCUT2D eigenvalue weighted by molar-refractivity contribution is 0.0595. The Balaban J connectivity index is 2.60. The van der Waals surface area contributed by atoms with Crippen molar-refractivity contribution in [2.24, 2.45) is 0 Å². The maximum absolute atomic E-state index is 11.7. The van der Waals surface area contributed by atoms with E-state index in [9.17, 15) is 4.79 Å². The third-order valence-electron chi connectivity index (χ3n) is 2.55. The van der Waals surface area contributed by atoms with Gasteiger partial charge in [-0.1, -0.05) is 17.7 Å². The number of nitrogens with zero attached hydrogens (tertiary/aromatic N) is 1. The molecule has 5 heteroatoms. The van der Waals surface area contributed by atoms with E-state index in [0.29, 0.717) is 10.7 Å². The second-order valence-corrected chi connectivity index (χ2v) is 5.50. The Morgan fingerprint density at radius 2 is 2.11 bits per heavy atom. The molecule has 2 rings (SSSR count). The zero-order valence-electron chi connectivity index (χ0n) is 10.3. The quantitative estimate of drug-likeness (QED) is 0.785. The average molecular weight is 282 g/mol. The Morgan fingerprint density at radius 1 is 1.39 bits per heavy atom. The van der Waals surface area contributed by atoms with E-state index in [2.05, 4.69) is 4.98 Å². The van der Waals surface area contributed by atoms with Gasteiger partial charge in [0.1, 0.15) is 0 Å². The van der Waals surface area contributed by atoms with Crippen LogP contribution in [0.1, 0.15) is 21.1 Å². The van der Waals surface area contributed by atoms with Gasteiger partial charge in [0.05, 0.1) is 17.0 Å². The number of methoxy groups -OCH3 is 1. The van der Waals surface area contributed by atoms with Crippen molar-refractivity contribution in [3.05, 3.63) is 39.5 Å². The van der Waals surface area contributed by atoms with Crippen molar-refractivity contribution < 1.29 is 9.53 Å². The Bertz CT molecular complexity index is 607. The first-order chi connectivity index (χ1) is 8.52. The molecule has 0 spiro atoms. The number of halogens is 1. The summed E-state index contributed by atoms with van der Waals surface area (Å²) >= 11 is 7.41. The van der Waals surface area contributed by atoms with Crippen molar-refractivity contribution in [3.8, 4) is 10.4 Å². The summed E-state index contributed by atoms with van der Waals surface area (Å²) in [6.45, 7) is 3.82. The molecule has 0 fully saturated rings. The molecular weight excluding hydrogens is 270 g/mol. The maximum Gasteiger partial charge on any atom is 0.358 e. The molecule has 0 aliphatic heterocycles. The number of hydrogen-bond acceptors (Lipinski definition) is 4. The minimum Gasteiger partial charge on any atom is -0.464 e. The van der Waals surface area contributed by atoms with Gasteiger partial charge in [-0.2, -0.15) is 0 Å². The number of esters is 1. The zero-order chi connectivity index (χ0) is 13.3. The number of carbonyl (C=O) groups is 1. The first-order valence-corrected chi connectivity index (χ1v) is 6.54. The van der Waals surface area contributed by atoms with Gasteiger partial charge < -0.3 is 4.74 Å². The van der Waals surface area contributed by atoms with Gasteiger partial charge in [-0.15, -0.1) is 11.3 Å². The summed E-state index contributed by atoms with van der Waals surface area (Å²) in [7, 11) is 1.36. The summed E-state index contributed by atoms with van der Waals surface area (Å²) in [5, 5.41) is 1.51. The molecule has 0 radical (unpaired) electrons. The van der Waals surface area contributed by atoms with Crippen LogP contribution in [0, 0.1) is 13.8 Å². The van der Waals surface area contributed by atoms with E-state index >= 15 is 0 Å². The molecule has 0 saturated heterocycles. The van der Waals surface area contributed by atoms with E-state index in [1.165, 1.54) is 18.4 Å². The summed E-state index contributed by atoms with van der Waals surface area (Å²) in [5.41, 5.74) is 2.34. The lowest BCUT2D eigenvalue weighted by atomic mass is 10.1. The van der Waals surface area contributed by atoms with E-state index in [4.69, 9.17) is 16.3 Å². The fourth-order valence-electron chi connectivity index (χ4n) is 1.73. The lowest BCUT2D eigenvalue weighted by Gasteiger charge is -2.05. The minimum atomic E-state index is -0.413. The first kappa shape index (κ1) is 13.1. The van der Waals surface area contributed by atoms with Gasteiger partial charge in [-0.25, -0.2) is 9.78 Å². The maximum atomic E-state index is 11.7. The highest BCUT2D eigenvalue weighted by Crippen LogP contribution is 2.33. The third-order valence-corrected chi connectivity index (χ3v) is 3.79. The van der Waals surface area contributed by atoms with Gasteiger partial charge in [0.25, 0.3) is 0 Å². The highest BCUT2D eigenvalue weighted by molar-refractivity contribution is 7.15. The third kappa shape index (κ3) is 2.40. The van der Waals surface area contributed by atoms with E-state index in [-0.39, 0.29) is 0 Å². The standard InChI is InChI=1S/C13H12ClNO2S/c1-7-6-9(14)4-5-10(7)12-11(13(16)17-3)15-8(2)18-12/h4-6H,1-3H3. The van der Waals surface area contributed by atoms with Crippen LogP contribution in [0.25, 0.3) is 10.4 Å². The van der Waals surface area contributed by atoms with E-state index in [0.717, 1.165) is 21.0 Å². The largest absolute Gasteiger partial charge is 0.464 e. The molecule has 1 aromatic carbocycles. The van der Waals surface area contributed by atoms with Crippen LogP contribution in [0.15, 0.2) is 18.2 Å². The summed E-state index contributed by atoms with van der Waals surface area (Å²) in [4.78, 5) is 16.8. The van der Waals surface area contributed by atoms with Crippen LogP contribution in [0.2, 0.25) is 5.02 Å². The summed E-state index contributed by atoms with van der Waals surface area (Å²) < 4.78 is 4.75. The molecule has 94 valence electrons. The van der Waals surface area contributed by atoms with Crippen molar-refractivity contribution in [1.82, 2.24) is 4.98 Å². The highest BCUT2D eigenvalue weighted by atomic mass is 35.5. The summed E-state index contributed by atoms with van der Waals surface area (Å²) in [5.74, 6) is -0.413. The fourth-order valence-corrected chi connectivity index (χ4v) is 2.95. The van der Waals surface area contributed by atoms with Crippen molar-refractivity contribution in [2.45, 2.75) is 13.8 Å². The second kappa shape index (κ2) is 5.08. The second-order valence-electron chi connectivity index (χ2n) is 3.86. The fraction of sp³-hybridized carbons (Fsp3) is 0.231. The molecule has 18 heavy (non-hydrogen) atoms. The lowest BCUT2D eigenvalue weighted by Crippen LogP contribution is -2.03. The van der Waals surface area contributed by atoms with Crippen LogP contribution >= 0.6 is 22.9 Å². The first-order valence-electron chi connectivity index (χ1n) is 5.35. The summed E-state index contributed by atoms with van der Waals surface area (Å²) in [6, 6.07) is 5.57. The highest BCUT2D eigenvalue weighted by Gasteiger charge is 2.19. The minimum absolute atomic E-state index is 0.366. The van der Waals surface area contributed by atoms with Crippen molar-refractivity contribution >= 4 is 28.9 Å². The molecular formula is C13H12ClNO2S. The van der Waals surface area contributed by atoms with E-state index in [1.807, 2.05) is 26.0 Å². The number of aromatic nitrogens is 1. The molecule has 0 amide bonds. The number of thiazole rings is 1. The monoisotopic (exact) mass is 281 g/mol. The Morgan fingerprint density at radius 3 is 2.72 bits per heavy atom. The van der Waals surface area contributed by atoms with Gasteiger partial charge >= 0.3 is 5.97 Å². The topological polar surface area (TPSA) is 39.2 Å². The van der Waals surface area contributed by atoms with E-state index in [1.54, 1.807) is 6.07 Å². The molecule has 2 aromatic rings.